The molecule has 296 valence electrons. The molecule has 6 aromatic rings. The summed E-state index contributed by atoms with van der Waals surface area (Å²) in [6.45, 7) is 3.54. The Morgan fingerprint density at radius 1 is 0.509 bits per heavy atom. The van der Waals surface area contributed by atoms with Crippen LogP contribution in [0.5, 0.6) is 0 Å². The second-order valence-electron chi connectivity index (χ2n) is 12.3. The fraction of sp³-hybridized carbons (Fsp3) is 0.143. The van der Waals surface area contributed by atoms with Gasteiger partial charge in [0.25, 0.3) is 0 Å². The maximum atomic E-state index is 12.0. The number of alkyl halides is 1. The molecule has 0 heterocycles. The number of carbonyl (C=O) groups is 2. The molecule has 0 aliphatic heterocycles. The first-order valence-corrected chi connectivity index (χ1v) is 22.4. The minimum absolute atomic E-state index is 0. The fourth-order valence-corrected chi connectivity index (χ4v) is 12.8. The molecule has 0 radical (unpaired) electrons. The van der Waals surface area contributed by atoms with Crippen LogP contribution < -0.4 is 48.8 Å². The van der Waals surface area contributed by atoms with E-state index in [1.54, 1.807) is 13.0 Å². The summed E-state index contributed by atoms with van der Waals surface area (Å²) in [5.74, 6) is -0.545. The standard InChI is InChI=1S/C24H24O2P.C18H15P.C6H9BrO2.CH4.BrH/c1-20(24(25)26-2)18-19-27(21-12-6-3-7-13-21,22-14-8-4-9-15-22)23-16-10-5-11-17-23;1-4-10-16(11-5-1)19(17-12-6-2-7-13-17)18-14-8-3-9-15-18;1-5(3-4-7)6(8)9-2;;/h3-18H,19H2,1-2H3;1-15H;3H,4H2,1-2H3;1H4;1H/q+1;;;;/p-1/b20-18+;;5-3+;;. The number of benzene rings is 6. The van der Waals surface area contributed by atoms with Crippen LogP contribution in [0.2, 0.25) is 0 Å². The van der Waals surface area contributed by atoms with Gasteiger partial charge in [-0.2, -0.15) is 0 Å². The zero-order valence-electron chi connectivity index (χ0n) is 32.2. The van der Waals surface area contributed by atoms with Crippen molar-refractivity contribution in [3.8, 4) is 0 Å². The van der Waals surface area contributed by atoms with Gasteiger partial charge in [0.05, 0.1) is 20.4 Å². The van der Waals surface area contributed by atoms with Crippen molar-refractivity contribution in [1.82, 2.24) is 0 Å². The van der Waals surface area contributed by atoms with Crippen LogP contribution in [0, 0.1) is 0 Å². The molecular formula is C49H52Br2O4P2. The second-order valence-corrected chi connectivity index (χ2v) is 18.7. The summed E-state index contributed by atoms with van der Waals surface area (Å²) in [6.07, 6.45) is 4.56. The lowest BCUT2D eigenvalue weighted by Crippen LogP contribution is -3.00. The molecule has 0 saturated carbocycles. The maximum Gasteiger partial charge on any atom is 0.333 e. The quantitative estimate of drug-likeness (QED) is 0.0631. The molecule has 0 bridgehead atoms. The fourth-order valence-electron chi connectivity index (χ4n) is 5.87. The van der Waals surface area contributed by atoms with Crippen molar-refractivity contribution in [2.75, 3.05) is 25.7 Å². The predicted octanol–water partition coefficient (Wildman–Crippen LogP) is 6.69. The number of rotatable bonds is 11. The molecule has 0 unspecified atom stereocenters. The van der Waals surface area contributed by atoms with Crippen LogP contribution in [-0.2, 0) is 19.1 Å². The minimum atomic E-state index is -1.94. The van der Waals surface area contributed by atoms with Gasteiger partial charge in [-0.15, -0.1) is 0 Å². The Morgan fingerprint density at radius 3 is 1.04 bits per heavy atom. The summed E-state index contributed by atoms with van der Waals surface area (Å²) in [6, 6.07) is 64.2. The molecule has 0 saturated heterocycles. The largest absolute Gasteiger partial charge is 1.00 e. The number of hydrogen-bond donors (Lipinski definition) is 0. The van der Waals surface area contributed by atoms with E-state index < -0.39 is 15.2 Å². The third-order valence-corrected chi connectivity index (χ3v) is 15.7. The molecule has 0 amide bonds. The summed E-state index contributed by atoms with van der Waals surface area (Å²) < 4.78 is 9.34. The van der Waals surface area contributed by atoms with Gasteiger partial charge >= 0.3 is 11.9 Å². The molecule has 8 heteroatoms. The van der Waals surface area contributed by atoms with E-state index in [1.165, 1.54) is 46.0 Å². The second kappa shape index (κ2) is 26.5. The molecule has 0 fully saturated rings. The van der Waals surface area contributed by atoms with Gasteiger partial charge < -0.3 is 26.5 Å². The first-order chi connectivity index (χ1) is 26.8. The Hall–Kier alpha value is -4.44. The molecule has 57 heavy (non-hydrogen) atoms. The van der Waals surface area contributed by atoms with Crippen molar-refractivity contribution < 1.29 is 36.0 Å². The van der Waals surface area contributed by atoms with Gasteiger partial charge in [-0.05, 0) is 80.2 Å². The topological polar surface area (TPSA) is 52.6 Å². The molecule has 0 aliphatic carbocycles. The SMILES string of the molecule is C.COC(=O)/C(C)=C/CBr.COC(=O)/C(C)=C/C[P+](c1ccccc1)(c1ccccc1)c1ccccc1.[Br-].c1ccc(P(c2ccccc2)c2ccccc2)cc1. The van der Waals surface area contributed by atoms with Gasteiger partial charge in [-0.1, -0.05) is 175 Å². The number of esters is 2. The highest BCUT2D eigenvalue weighted by atomic mass is 79.9. The number of hydrogen-bond acceptors (Lipinski definition) is 4. The summed E-state index contributed by atoms with van der Waals surface area (Å²) in [7, 11) is 0.406. The highest BCUT2D eigenvalue weighted by Gasteiger charge is 2.44. The Kier molecular flexibility index (Phi) is 22.6. The van der Waals surface area contributed by atoms with Crippen LogP contribution >= 0.6 is 31.1 Å². The van der Waals surface area contributed by atoms with Gasteiger partial charge in [0.15, 0.2) is 0 Å². The monoisotopic (exact) mass is 924 g/mol. The first-order valence-electron chi connectivity index (χ1n) is 17.9. The van der Waals surface area contributed by atoms with Crippen molar-refractivity contribution in [3.05, 3.63) is 205 Å². The number of ether oxygens (including phenoxy) is 2. The van der Waals surface area contributed by atoms with Crippen molar-refractivity contribution in [2.24, 2.45) is 0 Å². The molecular weight excluding hydrogens is 874 g/mol. The summed E-state index contributed by atoms with van der Waals surface area (Å²) in [5.41, 5.74) is 1.28. The number of halogens is 2. The lowest BCUT2D eigenvalue weighted by atomic mass is 10.3. The first kappa shape index (κ1) is 48.7. The van der Waals surface area contributed by atoms with E-state index in [9.17, 15) is 9.59 Å². The number of allylic oxidation sites excluding steroid dienone is 2. The van der Waals surface area contributed by atoms with Crippen LogP contribution in [0.25, 0.3) is 0 Å². The zero-order chi connectivity index (χ0) is 39.3. The summed E-state index contributed by atoms with van der Waals surface area (Å²) >= 11 is 3.16. The average molecular weight is 927 g/mol. The summed E-state index contributed by atoms with van der Waals surface area (Å²) in [4.78, 5) is 22.6. The third-order valence-electron chi connectivity index (χ3n) is 8.70. The minimum Gasteiger partial charge on any atom is -1.00 e. The van der Waals surface area contributed by atoms with Gasteiger partial charge in [0.1, 0.15) is 23.2 Å². The third kappa shape index (κ3) is 14.2. The molecule has 0 spiro atoms. The van der Waals surface area contributed by atoms with E-state index >= 15 is 0 Å². The van der Waals surface area contributed by atoms with E-state index in [-0.39, 0.29) is 36.3 Å². The van der Waals surface area contributed by atoms with Crippen molar-refractivity contribution >= 4 is 74.9 Å². The van der Waals surface area contributed by atoms with Crippen LogP contribution in [-0.4, -0.2) is 37.7 Å². The van der Waals surface area contributed by atoms with E-state index in [2.05, 4.69) is 184 Å². The highest BCUT2D eigenvalue weighted by Crippen LogP contribution is 2.55. The van der Waals surface area contributed by atoms with E-state index in [0.29, 0.717) is 16.5 Å². The molecule has 0 N–H and O–H groups in total. The molecule has 6 rings (SSSR count). The zero-order valence-corrected chi connectivity index (χ0v) is 37.1. The molecule has 0 aromatic heterocycles. The van der Waals surface area contributed by atoms with E-state index in [1.807, 2.05) is 31.2 Å². The number of methoxy groups -OCH3 is 2. The Bertz CT molecular complexity index is 1890. The number of carbonyl (C=O) groups excluding carboxylic acids is 2. The van der Waals surface area contributed by atoms with Crippen LogP contribution in [0.1, 0.15) is 21.3 Å². The molecule has 4 nitrogen and oxygen atoms in total. The lowest BCUT2D eigenvalue weighted by Gasteiger charge is -2.26. The average Bonchev–Trinajstić information content (AvgIpc) is 3.26. The lowest BCUT2D eigenvalue weighted by molar-refractivity contribution is -0.136. The van der Waals surface area contributed by atoms with Gasteiger partial charge in [0.2, 0.25) is 0 Å². The van der Waals surface area contributed by atoms with Gasteiger partial charge in [0, 0.05) is 16.5 Å². The van der Waals surface area contributed by atoms with Crippen molar-refractivity contribution in [3.63, 3.8) is 0 Å². The Morgan fingerprint density at radius 2 is 0.772 bits per heavy atom. The molecule has 0 atom stereocenters. The Balaban J connectivity index is 0.000000326. The normalized spacial score (nSPS) is 10.9. The van der Waals surface area contributed by atoms with Gasteiger partial charge in [-0.3, -0.25) is 0 Å². The Labute approximate surface area is 361 Å². The maximum absolute atomic E-state index is 12.0. The van der Waals surface area contributed by atoms with Crippen molar-refractivity contribution in [2.45, 2.75) is 21.3 Å². The van der Waals surface area contributed by atoms with E-state index in [0.717, 1.165) is 6.16 Å². The van der Waals surface area contributed by atoms with Crippen LogP contribution in [0.4, 0.5) is 0 Å². The van der Waals surface area contributed by atoms with Crippen molar-refractivity contribution in [1.29, 1.82) is 0 Å². The summed E-state index contributed by atoms with van der Waals surface area (Å²) in [5, 5.41) is 8.79. The molecule has 6 aromatic carbocycles. The van der Waals surface area contributed by atoms with Gasteiger partial charge in [-0.25, -0.2) is 9.59 Å². The van der Waals surface area contributed by atoms with Crippen LogP contribution in [0.15, 0.2) is 205 Å². The van der Waals surface area contributed by atoms with Crippen LogP contribution in [0.3, 0.4) is 0 Å². The predicted molar refractivity (Wildman–Crippen MR) is 247 cm³/mol. The molecule has 0 aliphatic rings. The van der Waals surface area contributed by atoms with E-state index in [4.69, 9.17) is 4.74 Å². The smallest absolute Gasteiger partial charge is 0.333 e. The highest BCUT2D eigenvalue weighted by molar-refractivity contribution is 9.09.